The monoisotopic (exact) mass is 257 g/mol. The number of nitrogens with two attached hydrogens (primary N) is 1. The van der Waals surface area contributed by atoms with E-state index in [-0.39, 0.29) is 6.61 Å². The van der Waals surface area contributed by atoms with Gasteiger partial charge in [0.25, 0.3) is 0 Å². The van der Waals surface area contributed by atoms with E-state index in [1.807, 2.05) is 31.2 Å². The van der Waals surface area contributed by atoms with Crippen LogP contribution in [0.1, 0.15) is 22.3 Å². The molecule has 0 aliphatic heterocycles. The second-order valence-electron chi connectivity index (χ2n) is 4.78. The van der Waals surface area contributed by atoms with Crippen molar-refractivity contribution in [3.8, 4) is 0 Å². The number of hydrogen-bond acceptors (Lipinski definition) is 4. The predicted molar refractivity (Wildman–Crippen MR) is 78.5 cm³/mol. The molecule has 0 aliphatic carbocycles. The lowest BCUT2D eigenvalue weighted by Crippen LogP contribution is -2.04. The zero-order chi connectivity index (χ0) is 14.0. The maximum atomic E-state index is 9.39. The van der Waals surface area contributed by atoms with Gasteiger partial charge in [-0.3, -0.25) is 0 Å². The maximum Gasteiger partial charge on any atom is 0.138 e. The van der Waals surface area contributed by atoms with Gasteiger partial charge in [-0.05, 0) is 55.7 Å². The number of anilines is 3. The smallest absolute Gasteiger partial charge is 0.138 e. The zero-order valence-electron chi connectivity index (χ0n) is 11.5. The third kappa shape index (κ3) is 2.85. The number of aliphatic hydroxyl groups excluding tert-OH is 1. The van der Waals surface area contributed by atoms with Crippen LogP contribution >= 0.6 is 0 Å². The molecular weight excluding hydrogens is 238 g/mol. The van der Waals surface area contributed by atoms with E-state index in [9.17, 15) is 5.11 Å². The number of hydrogen-bond donors (Lipinski definition) is 3. The fourth-order valence-corrected chi connectivity index (χ4v) is 1.87. The standard InChI is InChI=1S/C15H19N3O/c1-9-4-5-13(7-10(9)2)17-15-12(8-19)6-11(3)14(16)18-15/h4-7,19H,8H2,1-3H3,(H3,16,17,18). The van der Waals surface area contributed by atoms with Crippen LogP contribution < -0.4 is 11.1 Å². The van der Waals surface area contributed by atoms with Crippen LogP contribution in [0.5, 0.6) is 0 Å². The number of nitrogens with zero attached hydrogens (tertiary/aromatic N) is 1. The van der Waals surface area contributed by atoms with Crippen molar-refractivity contribution >= 4 is 17.3 Å². The molecule has 0 spiro atoms. The minimum Gasteiger partial charge on any atom is -0.392 e. The van der Waals surface area contributed by atoms with Gasteiger partial charge in [0.15, 0.2) is 0 Å². The summed E-state index contributed by atoms with van der Waals surface area (Å²) in [6.45, 7) is 5.94. The molecular formula is C15H19N3O. The number of rotatable bonds is 3. The molecule has 1 heterocycles. The van der Waals surface area contributed by atoms with Gasteiger partial charge in [-0.2, -0.15) is 0 Å². The Morgan fingerprint density at radius 3 is 2.47 bits per heavy atom. The van der Waals surface area contributed by atoms with Gasteiger partial charge in [-0.25, -0.2) is 4.98 Å². The molecule has 0 radical (unpaired) electrons. The molecule has 0 atom stereocenters. The molecule has 2 rings (SSSR count). The Labute approximate surface area is 113 Å². The van der Waals surface area contributed by atoms with Crippen molar-refractivity contribution in [2.24, 2.45) is 0 Å². The van der Waals surface area contributed by atoms with Crippen LogP contribution in [0.3, 0.4) is 0 Å². The van der Waals surface area contributed by atoms with Crippen LogP contribution in [0.2, 0.25) is 0 Å². The molecule has 1 aromatic carbocycles. The van der Waals surface area contributed by atoms with Gasteiger partial charge in [-0.15, -0.1) is 0 Å². The first-order chi connectivity index (χ1) is 9.01. The second-order valence-corrected chi connectivity index (χ2v) is 4.78. The molecule has 0 unspecified atom stereocenters. The average molecular weight is 257 g/mol. The van der Waals surface area contributed by atoms with E-state index >= 15 is 0 Å². The fourth-order valence-electron chi connectivity index (χ4n) is 1.87. The Bertz CT molecular complexity index is 609. The van der Waals surface area contributed by atoms with Gasteiger partial charge in [0, 0.05) is 11.3 Å². The van der Waals surface area contributed by atoms with Crippen molar-refractivity contribution < 1.29 is 5.11 Å². The maximum absolute atomic E-state index is 9.39. The molecule has 0 fully saturated rings. The van der Waals surface area contributed by atoms with E-state index in [0.29, 0.717) is 11.6 Å². The van der Waals surface area contributed by atoms with Gasteiger partial charge in [-0.1, -0.05) is 6.07 Å². The number of pyridine rings is 1. The number of nitrogens with one attached hydrogen (secondary N) is 1. The van der Waals surface area contributed by atoms with Crippen LogP contribution in [0.15, 0.2) is 24.3 Å². The highest BCUT2D eigenvalue weighted by Gasteiger charge is 2.07. The number of aromatic nitrogens is 1. The first-order valence-electron chi connectivity index (χ1n) is 6.22. The molecule has 0 aliphatic rings. The van der Waals surface area contributed by atoms with Crippen molar-refractivity contribution in [3.63, 3.8) is 0 Å². The van der Waals surface area contributed by atoms with Crippen LogP contribution in [0, 0.1) is 20.8 Å². The number of benzene rings is 1. The van der Waals surface area contributed by atoms with Crippen molar-refractivity contribution in [1.82, 2.24) is 4.98 Å². The van der Waals surface area contributed by atoms with Gasteiger partial charge in [0.2, 0.25) is 0 Å². The second kappa shape index (κ2) is 5.28. The quantitative estimate of drug-likeness (QED) is 0.790. The largest absolute Gasteiger partial charge is 0.392 e. The Balaban J connectivity index is 2.37. The van der Waals surface area contributed by atoms with Crippen molar-refractivity contribution in [2.45, 2.75) is 27.4 Å². The van der Waals surface area contributed by atoms with E-state index < -0.39 is 0 Å². The van der Waals surface area contributed by atoms with Crippen LogP contribution in [0.4, 0.5) is 17.3 Å². The summed E-state index contributed by atoms with van der Waals surface area (Å²) in [7, 11) is 0. The van der Waals surface area contributed by atoms with Gasteiger partial charge >= 0.3 is 0 Å². The molecule has 4 N–H and O–H groups in total. The van der Waals surface area contributed by atoms with Crippen LogP contribution in [0.25, 0.3) is 0 Å². The van der Waals surface area contributed by atoms with E-state index in [2.05, 4.69) is 24.1 Å². The molecule has 19 heavy (non-hydrogen) atoms. The summed E-state index contributed by atoms with van der Waals surface area (Å²) in [6, 6.07) is 7.94. The molecule has 4 heteroatoms. The molecule has 2 aromatic rings. The molecule has 0 bridgehead atoms. The summed E-state index contributed by atoms with van der Waals surface area (Å²) in [5.41, 5.74) is 10.8. The lowest BCUT2D eigenvalue weighted by molar-refractivity contribution is 0.282. The molecule has 0 saturated carbocycles. The number of aliphatic hydroxyl groups is 1. The predicted octanol–water partition coefficient (Wildman–Crippen LogP) is 2.82. The summed E-state index contributed by atoms with van der Waals surface area (Å²) < 4.78 is 0. The Hall–Kier alpha value is -2.07. The van der Waals surface area contributed by atoms with Gasteiger partial charge in [0.1, 0.15) is 11.6 Å². The third-order valence-electron chi connectivity index (χ3n) is 3.27. The number of aryl methyl sites for hydroxylation is 3. The molecule has 4 nitrogen and oxygen atoms in total. The molecule has 1 aromatic heterocycles. The van der Waals surface area contributed by atoms with Crippen LogP contribution in [-0.4, -0.2) is 10.1 Å². The normalized spacial score (nSPS) is 10.5. The van der Waals surface area contributed by atoms with Crippen molar-refractivity contribution in [2.75, 3.05) is 11.1 Å². The third-order valence-corrected chi connectivity index (χ3v) is 3.27. The topological polar surface area (TPSA) is 71.2 Å². The van der Waals surface area contributed by atoms with Crippen molar-refractivity contribution in [1.29, 1.82) is 0 Å². The summed E-state index contributed by atoms with van der Waals surface area (Å²) in [5, 5.41) is 12.6. The summed E-state index contributed by atoms with van der Waals surface area (Å²) in [4.78, 5) is 4.30. The SMILES string of the molecule is Cc1ccc(Nc2nc(N)c(C)cc2CO)cc1C. The Morgan fingerprint density at radius 1 is 1.11 bits per heavy atom. The van der Waals surface area contributed by atoms with Crippen LogP contribution in [-0.2, 0) is 6.61 Å². The Kier molecular flexibility index (Phi) is 3.71. The van der Waals surface area contributed by atoms with E-state index in [4.69, 9.17) is 5.73 Å². The van der Waals surface area contributed by atoms with E-state index in [0.717, 1.165) is 16.8 Å². The molecule has 0 saturated heterocycles. The fraction of sp³-hybridized carbons (Fsp3) is 0.267. The first kappa shape index (κ1) is 13.4. The van der Waals surface area contributed by atoms with Gasteiger partial charge < -0.3 is 16.2 Å². The minimum absolute atomic E-state index is 0.0682. The summed E-state index contributed by atoms with van der Waals surface area (Å²) in [6.07, 6.45) is 0. The summed E-state index contributed by atoms with van der Waals surface area (Å²) >= 11 is 0. The van der Waals surface area contributed by atoms with E-state index in [1.54, 1.807) is 0 Å². The number of nitrogen functional groups attached to an aromatic ring is 1. The zero-order valence-corrected chi connectivity index (χ0v) is 11.5. The minimum atomic E-state index is -0.0682. The highest BCUT2D eigenvalue weighted by molar-refractivity contribution is 5.63. The van der Waals surface area contributed by atoms with Gasteiger partial charge in [0.05, 0.1) is 6.61 Å². The van der Waals surface area contributed by atoms with E-state index in [1.165, 1.54) is 11.1 Å². The average Bonchev–Trinajstić information content (AvgIpc) is 2.38. The first-order valence-corrected chi connectivity index (χ1v) is 6.22. The lowest BCUT2D eigenvalue weighted by atomic mass is 10.1. The Morgan fingerprint density at radius 2 is 1.84 bits per heavy atom. The highest BCUT2D eigenvalue weighted by Crippen LogP contribution is 2.24. The molecule has 100 valence electrons. The lowest BCUT2D eigenvalue weighted by Gasteiger charge is -2.13. The highest BCUT2D eigenvalue weighted by atomic mass is 16.3. The summed E-state index contributed by atoms with van der Waals surface area (Å²) in [5.74, 6) is 1.08. The van der Waals surface area contributed by atoms with Crippen molar-refractivity contribution in [3.05, 3.63) is 46.5 Å². The molecule has 0 amide bonds.